The summed E-state index contributed by atoms with van der Waals surface area (Å²) in [5, 5.41) is 10.2. The molecule has 8 nitrogen and oxygen atoms in total. The van der Waals surface area contributed by atoms with Crippen molar-refractivity contribution in [1.29, 1.82) is 0 Å². The third-order valence-corrected chi connectivity index (χ3v) is 7.09. The summed E-state index contributed by atoms with van der Waals surface area (Å²) < 4.78 is 3.46. The molecule has 0 saturated heterocycles. The van der Waals surface area contributed by atoms with Gasteiger partial charge in [0, 0.05) is 41.3 Å². The topological polar surface area (TPSA) is 77.5 Å². The maximum Gasteiger partial charge on any atom is 0.256 e. The van der Waals surface area contributed by atoms with Crippen LogP contribution in [0, 0.1) is 27.7 Å². The molecule has 0 unspecified atom stereocenters. The monoisotopic (exact) mass is 508 g/mol. The molecule has 0 radical (unpaired) electrons. The summed E-state index contributed by atoms with van der Waals surface area (Å²) in [5.41, 5.74) is 6.39. The van der Waals surface area contributed by atoms with Crippen molar-refractivity contribution < 1.29 is 0 Å². The molecule has 0 amide bonds. The number of likely N-dealkylation sites (N-methyl/N-ethyl adjacent to an activating group) is 1. The first kappa shape index (κ1) is 23.5. The average molecular weight is 509 g/mol. The number of anilines is 1. The maximum atomic E-state index is 6.36. The molecule has 1 aliphatic rings. The van der Waals surface area contributed by atoms with Crippen molar-refractivity contribution in [1.82, 2.24) is 34.5 Å². The van der Waals surface area contributed by atoms with Crippen LogP contribution in [0.15, 0.2) is 30.0 Å². The molecule has 10 heteroatoms. The Labute approximate surface area is 214 Å². The normalized spacial score (nSPS) is 15.8. The number of nitrogens with zero attached hydrogens (tertiary/aromatic N) is 8. The number of hydrogen-bond acceptors (Lipinski definition) is 6. The number of aryl methyl sites for hydroxylation is 4. The van der Waals surface area contributed by atoms with Gasteiger partial charge in [-0.1, -0.05) is 37.0 Å². The first-order chi connectivity index (χ1) is 16.5. The molecular formula is C25H26Cl2N8. The van der Waals surface area contributed by atoms with E-state index in [4.69, 9.17) is 38.2 Å². The highest BCUT2D eigenvalue weighted by Gasteiger charge is 2.39. The molecule has 35 heavy (non-hydrogen) atoms. The zero-order chi connectivity index (χ0) is 25.2. The first-order valence-electron chi connectivity index (χ1n) is 11.2. The van der Waals surface area contributed by atoms with Crippen LogP contribution >= 0.6 is 23.2 Å². The van der Waals surface area contributed by atoms with Gasteiger partial charge in [0.15, 0.2) is 5.82 Å². The number of halogens is 2. The molecule has 0 N–H and O–H groups in total. The third-order valence-electron chi connectivity index (χ3n) is 6.37. The van der Waals surface area contributed by atoms with Gasteiger partial charge in [-0.15, -0.1) is 0 Å². The van der Waals surface area contributed by atoms with Gasteiger partial charge in [-0.3, -0.25) is 0 Å². The number of benzene rings is 1. The van der Waals surface area contributed by atoms with Gasteiger partial charge in [0.2, 0.25) is 0 Å². The van der Waals surface area contributed by atoms with Gasteiger partial charge in [-0.25, -0.2) is 9.36 Å². The minimum atomic E-state index is -0.346. The Kier molecular flexibility index (Phi) is 5.49. The van der Waals surface area contributed by atoms with Crippen molar-refractivity contribution in [3.63, 3.8) is 0 Å². The Morgan fingerprint density at radius 2 is 1.29 bits per heavy atom. The highest BCUT2D eigenvalue weighted by molar-refractivity contribution is 6.42. The molecule has 0 bridgehead atoms. The lowest BCUT2D eigenvalue weighted by Gasteiger charge is -2.24. The summed E-state index contributed by atoms with van der Waals surface area (Å²) in [4.78, 5) is 16.4. The number of allylic oxidation sites excluding steroid dienone is 1. The quantitative estimate of drug-likeness (QED) is 0.360. The number of rotatable bonds is 3. The number of aromatic nitrogens is 7. The van der Waals surface area contributed by atoms with E-state index in [1.54, 1.807) is 9.36 Å². The van der Waals surface area contributed by atoms with E-state index in [0.29, 0.717) is 27.8 Å². The van der Waals surface area contributed by atoms with E-state index in [0.717, 1.165) is 39.7 Å². The van der Waals surface area contributed by atoms with E-state index < -0.39 is 0 Å². The van der Waals surface area contributed by atoms with E-state index in [9.17, 15) is 0 Å². The molecule has 0 aliphatic carbocycles. The Bertz CT molecular complexity index is 1450. The summed E-state index contributed by atoms with van der Waals surface area (Å²) >= 11 is 12.7. The van der Waals surface area contributed by atoms with Gasteiger partial charge in [-0.2, -0.15) is 25.1 Å². The molecular weight excluding hydrogens is 483 g/mol. The van der Waals surface area contributed by atoms with Crippen molar-refractivity contribution in [3.8, 4) is 11.9 Å². The van der Waals surface area contributed by atoms with E-state index in [2.05, 4.69) is 28.9 Å². The van der Waals surface area contributed by atoms with Crippen LogP contribution in [0.2, 0.25) is 10.0 Å². The highest BCUT2D eigenvalue weighted by atomic mass is 35.5. The first-order valence-corrected chi connectivity index (χ1v) is 12.0. The van der Waals surface area contributed by atoms with E-state index in [1.807, 2.05) is 65.1 Å². The van der Waals surface area contributed by atoms with Gasteiger partial charge in [0.25, 0.3) is 11.9 Å². The zero-order valence-electron chi connectivity index (χ0n) is 20.7. The van der Waals surface area contributed by atoms with Gasteiger partial charge < -0.3 is 4.90 Å². The van der Waals surface area contributed by atoms with Crippen LogP contribution < -0.4 is 4.90 Å². The zero-order valence-corrected chi connectivity index (χ0v) is 22.2. The second-order valence-electron chi connectivity index (χ2n) is 9.47. The van der Waals surface area contributed by atoms with Crippen LogP contribution in [0.3, 0.4) is 0 Å². The molecule has 4 aromatic rings. The minimum Gasteiger partial charge on any atom is -0.347 e. The fraction of sp³-hybridized carbons (Fsp3) is 0.320. The molecule has 180 valence electrons. The van der Waals surface area contributed by atoms with Crippen molar-refractivity contribution in [2.24, 2.45) is 0 Å². The number of fused-ring (bicyclic) bond motifs is 1. The summed E-state index contributed by atoms with van der Waals surface area (Å²) in [6, 6.07) is 7.82. The molecule has 0 fully saturated rings. The Morgan fingerprint density at radius 1 is 0.771 bits per heavy atom. The highest BCUT2D eigenvalue weighted by Crippen LogP contribution is 2.49. The van der Waals surface area contributed by atoms with Crippen LogP contribution in [0.25, 0.3) is 18.0 Å². The lowest BCUT2D eigenvalue weighted by molar-refractivity contribution is 0.643. The average Bonchev–Trinajstić information content (AvgIpc) is 3.36. The van der Waals surface area contributed by atoms with Gasteiger partial charge in [-0.05, 0) is 57.5 Å². The summed E-state index contributed by atoms with van der Waals surface area (Å²) in [6.45, 7) is 12.1. The molecule has 0 saturated carbocycles. The molecule has 0 atom stereocenters. The van der Waals surface area contributed by atoms with Crippen molar-refractivity contribution in [2.75, 3.05) is 11.9 Å². The summed E-state index contributed by atoms with van der Waals surface area (Å²) in [7, 11) is 2.01. The molecule has 1 aromatic carbocycles. The van der Waals surface area contributed by atoms with Crippen LogP contribution in [-0.4, -0.2) is 41.6 Å². The molecule has 5 rings (SSSR count). The Balaban J connectivity index is 1.71. The Morgan fingerprint density at radius 3 is 1.77 bits per heavy atom. The van der Waals surface area contributed by atoms with Gasteiger partial charge >= 0.3 is 0 Å². The second kappa shape index (κ2) is 8.17. The lowest BCUT2D eigenvalue weighted by Crippen LogP contribution is -2.23. The largest absolute Gasteiger partial charge is 0.347 e. The van der Waals surface area contributed by atoms with Crippen LogP contribution in [0.1, 0.15) is 48.0 Å². The van der Waals surface area contributed by atoms with E-state index in [1.165, 1.54) is 0 Å². The predicted molar refractivity (Wildman–Crippen MR) is 139 cm³/mol. The third kappa shape index (κ3) is 3.90. The fourth-order valence-electron chi connectivity index (χ4n) is 4.69. The van der Waals surface area contributed by atoms with Crippen molar-refractivity contribution in [3.05, 3.63) is 74.2 Å². The van der Waals surface area contributed by atoms with Gasteiger partial charge in [0.1, 0.15) is 0 Å². The van der Waals surface area contributed by atoms with Crippen LogP contribution in [-0.2, 0) is 5.41 Å². The fourth-order valence-corrected chi connectivity index (χ4v) is 5.01. The smallest absolute Gasteiger partial charge is 0.256 e. The van der Waals surface area contributed by atoms with Gasteiger partial charge in [0.05, 0.1) is 21.4 Å². The van der Waals surface area contributed by atoms with E-state index in [-0.39, 0.29) is 5.41 Å². The lowest BCUT2D eigenvalue weighted by atomic mass is 9.83. The second-order valence-corrected chi connectivity index (χ2v) is 10.3. The summed E-state index contributed by atoms with van der Waals surface area (Å²) in [6.07, 6.45) is 1.98. The van der Waals surface area contributed by atoms with Crippen LogP contribution in [0.4, 0.5) is 5.69 Å². The predicted octanol–water partition coefficient (Wildman–Crippen LogP) is 5.55. The Hall–Kier alpha value is -3.23. The minimum absolute atomic E-state index is 0.346. The SMILES string of the molecule is Cc1cc(C)n(-c2nc(C=C3N(C)c4cc(Cl)c(Cl)cc4C3(C)C)nc(-n3nc(C)cc3C)n2)n1. The molecule has 3 aromatic heterocycles. The maximum absolute atomic E-state index is 6.36. The standard InChI is InChI=1S/C25H26Cl2N8/c1-13-8-15(3)34(31-13)23-28-22(29-24(30-23)35-16(4)9-14(2)32-35)12-21-25(5,6)17-10-18(26)19(27)11-20(17)33(21)7/h8-12H,1-7H3. The number of hydrogen-bond donors (Lipinski definition) is 0. The molecule has 1 aliphatic heterocycles. The van der Waals surface area contributed by atoms with Crippen molar-refractivity contribution >= 4 is 35.0 Å². The van der Waals surface area contributed by atoms with Crippen LogP contribution in [0.5, 0.6) is 0 Å². The summed E-state index contributed by atoms with van der Waals surface area (Å²) in [5.74, 6) is 1.37. The van der Waals surface area contributed by atoms with E-state index >= 15 is 0 Å². The molecule has 0 spiro atoms. The van der Waals surface area contributed by atoms with Crippen molar-refractivity contribution in [2.45, 2.75) is 47.0 Å². The molecule has 4 heterocycles.